The van der Waals surface area contributed by atoms with Crippen molar-refractivity contribution in [2.45, 2.75) is 51.5 Å². The van der Waals surface area contributed by atoms with Crippen molar-refractivity contribution in [1.29, 1.82) is 0 Å². The average molecular weight is 286 g/mol. The van der Waals surface area contributed by atoms with E-state index in [0.29, 0.717) is 11.5 Å². The van der Waals surface area contributed by atoms with Crippen LogP contribution < -0.4 is 10.6 Å². The van der Waals surface area contributed by atoms with Crippen molar-refractivity contribution in [2.24, 2.45) is 5.41 Å². The predicted octanol–water partition coefficient (Wildman–Crippen LogP) is 3.20. The Labute approximate surface area is 127 Å². The number of rotatable bonds is 3. The molecule has 1 aromatic rings. The van der Waals surface area contributed by atoms with Crippen LogP contribution in [0.2, 0.25) is 0 Å². The lowest BCUT2D eigenvalue weighted by Gasteiger charge is -2.34. The van der Waals surface area contributed by atoms with Crippen molar-refractivity contribution in [2.75, 3.05) is 13.6 Å². The van der Waals surface area contributed by atoms with Gasteiger partial charge in [0.15, 0.2) is 0 Å². The van der Waals surface area contributed by atoms with Crippen molar-refractivity contribution in [3.8, 4) is 0 Å². The maximum absolute atomic E-state index is 12.2. The molecule has 3 nitrogen and oxygen atoms in total. The molecular weight excluding hydrogens is 260 g/mol. The molecule has 114 valence electrons. The Balaban J connectivity index is 1.96. The Kier molecular flexibility index (Phi) is 4.03. The Morgan fingerprint density at radius 3 is 2.71 bits per heavy atom. The highest BCUT2D eigenvalue weighted by atomic mass is 16.1. The first kappa shape index (κ1) is 14.6. The van der Waals surface area contributed by atoms with Crippen LogP contribution in [0.1, 0.15) is 66.6 Å². The Morgan fingerprint density at radius 1 is 1.24 bits per heavy atom. The van der Waals surface area contributed by atoms with Gasteiger partial charge in [-0.1, -0.05) is 31.9 Å². The standard InChI is InChI=1S/C18H26N2O/c1-18(9-3-4-10-18)16(19-2)14-8-7-13-6-5-11-20-17(21)15(13)12-14/h7-8,12,16,19H,3-6,9-11H2,1-2H3,(H,20,21). The number of benzene rings is 1. The van der Waals surface area contributed by atoms with Crippen molar-refractivity contribution < 1.29 is 4.79 Å². The van der Waals surface area contributed by atoms with E-state index in [4.69, 9.17) is 0 Å². The van der Waals surface area contributed by atoms with Gasteiger partial charge in [-0.3, -0.25) is 4.79 Å². The van der Waals surface area contributed by atoms with Gasteiger partial charge in [-0.15, -0.1) is 0 Å². The van der Waals surface area contributed by atoms with Crippen LogP contribution in [0.5, 0.6) is 0 Å². The second kappa shape index (κ2) is 5.80. The number of carbonyl (C=O) groups excluding carboxylic acids is 1. The zero-order valence-corrected chi connectivity index (χ0v) is 13.2. The highest BCUT2D eigenvalue weighted by molar-refractivity contribution is 5.96. The molecule has 21 heavy (non-hydrogen) atoms. The third-order valence-electron chi connectivity index (χ3n) is 5.35. The van der Waals surface area contributed by atoms with Crippen molar-refractivity contribution >= 4 is 5.91 Å². The summed E-state index contributed by atoms with van der Waals surface area (Å²) in [5.74, 6) is 0.0933. The van der Waals surface area contributed by atoms with Gasteiger partial charge in [0, 0.05) is 18.2 Å². The van der Waals surface area contributed by atoms with Crippen LogP contribution in [0.4, 0.5) is 0 Å². The Hall–Kier alpha value is -1.35. The van der Waals surface area contributed by atoms with Crippen molar-refractivity contribution in [3.63, 3.8) is 0 Å². The normalized spacial score (nSPS) is 22.3. The molecule has 1 fully saturated rings. The lowest BCUT2D eigenvalue weighted by atomic mass is 9.76. The van der Waals surface area contributed by atoms with Crippen LogP contribution in [-0.2, 0) is 6.42 Å². The number of amides is 1. The van der Waals surface area contributed by atoms with Crippen LogP contribution in [0.25, 0.3) is 0 Å². The summed E-state index contributed by atoms with van der Waals surface area (Å²) < 4.78 is 0. The second-order valence-corrected chi connectivity index (χ2v) is 6.86. The Morgan fingerprint density at radius 2 is 2.00 bits per heavy atom. The molecular formula is C18H26N2O. The molecule has 0 spiro atoms. The van der Waals surface area contributed by atoms with E-state index in [1.807, 2.05) is 7.05 Å². The summed E-state index contributed by atoms with van der Waals surface area (Å²) in [7, 11) is 2.04. The van der Waals surface area contributed by atoms with Crippen LogP contribution in [-0.4, -0.2) is 19.5 Å². The van der Waals surface area contributed by atoms with E-state index in [0.717, 1.165) is 24.9 Å². The molecule has 0 radical (unpaired) electrons. The van der Waals surface area contributed by atoms with Gasteiger partial charge in [-0.2, -0.15) is 0 Å². The molecule has 0 aromatic heterocycles. The minimum atomic E-state index is 0.0933. The van der Waals surface area contributed by atoms with Gasteiger partial charge in [-0.25, -0.2) is 0 Å². The molecule has 1 unspecified atom stereocenters. The lowest BCUT2D eigenvalue weighted by Crippen LogP contribution is -2.32. The molecule has 2 N–H and O–H groups in total. The molecule has 1 atom stereocenters. The fourth-order valence-corrected chi connectivity index (χ4v) is 4.17. The number of fused-ring (bicyclic) bond motifs is 1. The third kappa shape index (κ3) is 2.71. The number of hydrogen-bond acceptors (Lipinski definition) is 2. The van der Waals surface area contributed by atoms with Gasteiger partial charge in [0.2, 0.25) is 0 Å². The van der Waals surface area contributed by atoms with Gasteiger partial charge >= 0.3 is 0 Å². The summed E-state index contributed by atoms with van der Waals surface area (Å²) in [6.45, 7) is 3.17. The number of hydrogen-bond donors (Lipinski definition) is 2. The molecule has 1 aliphatic carbocycles. The largest absolute Gasteiger partial charge is 0.352 e. The summed E-state index contributed by atoms with van der Waals surface area (Å²) >= 11 is 0. The third-order valence-corrected chi connectivity index (χ3v) is 5.35. The van der Waals surface area contributed by atoms with E-state index in [2.05, 4.69) is 35.8 Å². The van der Waals surface area contributed by atoms with E-state index in [9.17, 15) is 4.79 Å². The number of nitrogens with one attached hydrogen (secondary N) is 2. The minimum absolute atomic E-state index is 0.0933. The molecule has 2 aliphatic rings. The highest BCUT2D eigenvalue weighted by Crippen LogP contribution is 2.47. The van der Waals surface area contributed by atoms with Crippen LogP contribution in [0.3, 0.4) is 0 Å². The summed E-state index contributed by atoms with van der Waals surface area (Å²) in [5.41, 5.74) is 3.65. The predicted molar refractivity (Wildman–Crippen MR) is 85.5 cm³/mol. The SMILES string of the molecule is CNC(c1ccc2c(c1)C(=O)NCCC2)C1(C)CCCC1. The van der Waals surface area contributed by atoms with Gasteiger partial charge in [0.25, 0.3) is 5.91 Å². The van der Waals surface area contributed by atoms with E-state index >= 15 is 0 Å². The zero-order valence-electron chi connectivity index (χ0n) is 13.2. The molecule has 0 saturated heterocycles. The van der Waals surface area contributed by atoms with Crippen LogP contribution >= 0.6 is 0 Å². The monoisotopic (exact) mass is 286 g/mol. The molecule has 1 aliphatic heterocycles. The molecule has 1 saturated carbocycles. The van der Waals surface area contributed by atoms with Crippen molar-refractivity contribution in [3.05, 3.63) is 34.9 Å². The summed E-state index contributed by atoms with van der Waals surface area (Å²) in [4.78, 5) is 12.2. The fourth-order valence-electron chi connectivity index (χ4n) is 4.17. The zero-order chi connectivity index (χ0) is 14.9. The number of carbonyl (C=O) groups is 1. The second-order valence-electron chi connectivity index (χ2n) is 6.86. The van der Waals surface area contributed by atoms with Crippen LogP contribution in [0.15, 0.2) is 18.2 Å². The topological polar surface area (TPSA) is 41.1 Å². The Bertz CT molecular complexity index is 532. The summed E-state index contributed by atoms with van der Waals surface area (Å²) in [5, 5.41) is 6.51. The molecule has 1 heterocycles. The van der Waals surface area contributed by atoms with Gasteiger partial charge in [0.05, 0.1) is 0 Å². The van der Waals surface area contributed by atoms with Crippen LogP contribution in [0, 0.1) is 5.41 Å². The molecule has 1 aromatic carbocycles. The number of aryl methyl sites for hydroxylation is 1. The first-order chi connectivity index (χ1) is 10.1. The van der Waals surface area contributed by atoms with Gasteiger partial charge < -0.3 is 10.6 Å². The summed E-state index contributed by atoms with van der Waals surface area (Å²) in [6, 6.07) is 6.85. The molecule has 3 heteroatoms. The van der Waals surface area contributed by atoms with E-state index in [1.165, 1.54) is 36.8 Å². The average Bonchev–Trinajstić information content (AvgIpc) is 2.83. The minimum Gasteiger partial charge on any atom is -0.352 e. The lowest BCUT2D eigenvalue weighted by molar-refractivity contribution is 0.0955. The highest BCUT2D eigenvalue weighted by Gasteiger charge is 2.37. The molecule has 3 rings (SSSR count). The smallest absolute Gasteiger partial charge is 0.251 e. The fraction of sp³-hybridized carbons (Fsp3) is 0.611. The molecule has 0 bridgehead atoms. The maximum atomic E-state index is 12.2. The maximum Gasteiger partial charge on any atom is 0.251 e. The van der Waals surface area contributed by atoms with E-state index in [-0.39, 0.29) is 5.91 Å². The van der Waals surface area contributed by atoms with E-state index < -0.39 is 0 Å². The first-order valence-corrected chi connectivity index (χ1v) is 8.22. The summed E-state index contributed by atoms with van der Waals surface area (Å²) in [6.07, 6.45) is 7.20. The quantitative estimate of drug-likeness (QED) is 0.896. The molecule has 1 amide bonds. The first-order valence-electron chi connectivity index (χ1n) is 8.22. The van der Waals surface area contributed by atoms with Gasteiger partial charge in [-0.05, 0) is 55.3 Å². The van der Waals surface area contributed by atoms with Crippen molar-refractivity contribution in [1.82, 2.24) is 10.6 Å². The van der Waals surface area contributed by atoms with E-state index in [1.54, 1.807) is 0 Å². The van der Waals surface area contributed by atoms with Gasteiger partial charge in [0.1, 0.15) is 0 Å².